The Labute approximate surface area is 126 Å². The fraction of sp³-hybridized carbons (Fsp3) is 0.471. The standard InChI is InChI=1S/C17H24FN3/c1-4-8-19-11-15-10-14(6-7-17(15)18)16-12-20-21(9-5-2)13(16)3/h6-7,10,12,19H,4-5,8-9,11H2,1-3H3. The van der Waals surface area contributed by atoms with Gasteiger partial charge in [-0.2, -0.15) is 5.10 Å². The van der Waals surface area contributed by atoms with Crippen molar-refractivity contribution < 1.29 is 4.39 Å². The topological polar surface area (TPSA) is 29.9 Å². The molecular formula is C17H24FN3. The van der Waals surface area contributed by atoms with Gasteiger partial charge in [0.2, 0.25) is 0 Å². The highest BCUT2D eigenvalue weighted by Gasteiger charge is 2.10. The summed E-state index contributed by atoms with van der Waals surface area (Å²) in [5.41, 5.74) is 3.96. The molecule has 0 fully saturated rings. The molecule has 0 saturated carbocycles. The molecule has 21 heavy (non-hydrogen) atoms. The summed E-state index contributed by atoms with van der Waals surface area (Å²) in [6.45, 7) is 8.68. The summed E-state index contributed by atoms with van der Waals surface area (Å²) in [5.74, 6) is -0.152. The van der Waals surface area contributed by atoms with Gasteiger partial charge in [-0.3, -0.25) is 4.68 Å². The van der Waals surface area contributed by atoms with E-state index >= 15 is 0 Å². The second-order valence-corrected chi connectivity index (χ2v) is 5.35. The maximum atomic E-state index is 13.9. The van der Waals surface area contributed by atoms with Gasteiger partial charge in [-0.15, -0.1) is 0 Å². The van der Waals surface area contributed by atoms with Crippen molar-refractivity contribution in [3.8, 4) is 11.1 Å². The fourth-order valence-electron chi connectivity index (χ4n) is 2.44. The average Bonchev–Trinajstić information content (AvgIpc) is 2.83. The highest BCUT2D eigenvalue weighted by Crippen LogP contribution is 2.25. The van der Waals surface area contributed by atoms with Crippen LogP contribution >= 0.6 is 0 Å². The molecule has 0 saturated heterocycles. The minimum Gasteiger partial charge on any atom is -0.313 e. The predicted molar refractivity (Wildman–Crippen MR) is 84.6 cm³/mol. The van der Waals surface area contributed by atoms with Crippen LogP contribution in [-0.4, -0.2) is 16.3 Å². The van der Waals surface area contributed by atoms with E-state index in [-0.39, 0.29) is 5.82 Å². The minimum atomic E-state index is -0.152. The molecule has 1 N–H and O–H groups in total. The van der Waals surface area contributed by atoms with Crippen LogP contribution < -0.4 is 5.32 Å². The van der Waals surface area contributed by atoms with E-state index < -0.39 is 0 Å². The number of rotatable bonds is 7. The molecule has 1 aromatic heterocycles. The lowest BCUT2D eigenvalue weighted by Crippen LogP contribution is -2.14. The van der Waals surface area contributed by atoms with Gasteiger partial charge in [0.15, 0.2) is 0 Å². The quantitative estimate of drug-likeness (QED) is 0.783. The molecule has 0 bridgehead atoms. The first-order chi connectivity index (χ1) is 10.2. The summed E-state index contributed by atoms with van der Waals surface area (Å²) in [5, 5.41) is 7.67. The summed E-state index contributed by atoms with van der Waals surface area (Å²) >= 11 is 0. The Morgan fingerprint density at radius 2 is 2.05 bits per heavy atom. The molecule has 4 heteroatoms. The molecule has 114 valence electrons. The Kier molecular flexibility index (Phi) is 5.51. The third kappa shape index (κ3) is 3.70. The van der Waals surface area contributed by atoms with Gasteiger partial charge < -0.3 is 5.32 Å². The van der Waals surface area contributed by atoms with Crippen LogP contribution in [0.4, 0.5) is 4.39 Å². The van der Waals surface area contributed by atoms with Crippen LogP contribution in [0, 0.1) is 12.7 Å². The van der Waals surface area contributed by atoms with E-state index in [0.29, 0.717) is 12.1 Å². The van der Waals surface area contributed by atoms with E-state index in [1.165, 1.54) is 0 Å². The van der Waals surface area contributed by atoms with E-state index in [1.807, 2.05) is 23.0 Å². The van der Waals surface area contributed by atoms with Crippen molar-refractivity contribution in [1.29, 1.82) is 0 Å². The molecule has 3 nitrogen and oxygen atoms in total. The summed E-state index contributed by atoms with van der Waals surface area (Å²) in [7, 11) is 0. The number of hydrogen-bond donors (Lipinski definition) is 1. The molecule has 2 rings (SSSR count). The maximum Gasteiger partial charge on any atom is 0.127 e. The van der Waals surface area contributed by atoms with Gasteiger partial charge >= 0.3 is 0 Å². The molecule has 0 amide bonds. The van der Waals surface area contributed by atoms with Crippen LogP contribution in [0.25, 0.3) is 11.1 Å². The van der Waals surface area contributed by atoms with Gasteiger partial charge in [0.25, 0.3) is 0 Å². The number of benzene rings is 1. The monoisotopic (exact) mass is 289 g/mol. The van der Waals surface area contributed by atoms with Gasteiger partial charge in [0, 0.05) is 29.9 Å². The maximum absolute atomic E-state index is 13.9. The van der Waals surface area contributed by atoms with Gasteiger partial charge in [0.1, 0.15) is 5.82 Å². The highest BCUT2D eigenvalue weighted by molar-refractivity contribution is 5.66. The van der Waals surface area contributed by atoms with Gasteiger partial charge in [0.05, 0.1) is 6.20 Å². The molecule has 0 aliphatic rings. The number of aromatic nitrogens is 2. The van der Waals surface area contributed by atoms with Gasteiger partial charge in [-0.25, -0.2) is 4.39 Å². The first kappa shape index (κ1) is 15.7. The molecule has 1 heterocycles. The lowest BCUT2D eigenvalue weighted by molar-refractivity contribution is 0.586. The first-order valence-corrected chi connectivity index (χ1v) is 7.69. The molecule has 0 aliphatic carbocycles. The Morgan fingerprint density at radius 3 is 2.76 bits per heavy atom. The van der Waals surface area contributed by atoms with Crippen molar-refractivity contribution in [2.75, 3.05) is 6.54 Å². The number of nitrogens with zero attached hydrogens (tertiary/aromatic N) is 2. The van der Waals surface area contributed by atoms with Crippen LogP contribution in [0.15, 0.2) is 24.4 Å². The van der Waals surface area contributed by atoms with Crippen LogP contribution in [0.2, 0.25) is 0 Å². The second-order valence-electron chi connectivity index (χ2n) is 5.35. The Hall–Kier alpha value is -1.68. The molecule has 0 radical (unpaired) electrons. The van der Waals surface area contributed by atoms with E-state index in [1.54, 1.807) is 6.07 Å². The molecule has 0 unspecified atom stereocenters. The Balaban J connectivity index is 2.25. The van der Waals surface area contributed by atoms with E-state index in [2.05, 4.69) is 31.2 Å². The van der Waals surface area contributed by atoms with Crippen molar-refractivity contribution in [1.82, 2.24) is 15.1 Å². The van der Waals surface area contributed by atoms with Crippen LogP contribution in [-0.2, 0) is 13.1 Å². The number of halogens is 1. The smallest absolute Gasteiger partial charge is 0.127 e. The zero-order valence-electron chi connectivity index (χ0n) is 13.1. The molecule has 1 aromatic carbocycles. The zero-order valence-corrected chi connectivity index (χ0v) is 13.1. The van der Waals surface area contributed by atoms with Crippen molar-refractivity contribution in [2.24, 2.45) is 0 Å². The van der Waals surface area contributed by atoms with E-state index in [4.69, 9.17) is 0 Å². The van der Waals surface area contributed by atoms with Crippen LogP contribution in [0.3, 0.4) is 0 Å². The lowest BCUT2D eigenvalue weighted by atomic mass is 10.0. The normalized spacial score (nSPS) is 11.0. The third-order valence-corrected chi connectivity index (χ3v) is 3.64. The van der Waals surface area contributed by atoms with E-state index in [9.17, 15) is 4.39 Å². The fourth-order valence-corrected chi connectivity index (χ4v) is 2.44. The van der Waals surface area contributed by atoms with E-state index in [0.717, 1.165) is 42.8 Å². The predicted octanol–water partition coefficient (Wildman–Crippen LogP) is 3.91. The summed E-state index contributed by atoms with van der Waals surface area (Å²) in [4.78, 5) is 0. The third-order valence-electron chi connectivity index (χ3n) is 3.64. The molecular weight excluding hydrogens is 265 g/mol. The zero-order chi connectivity index (χ0) is 15.2. The molecule has 0 aliphatic heterocycles. The van der Waals surface area contributed by atoms with Crippen LogP contribution in [0.5, 0.6) is 0 Å². The molecule has 2 aromatic rings. The first-order valence-electron chi connectivity index (χ1n) is 7.69. The van der Waals surface area contributed by atoms with Crippen molar-refractivity contribution in [2.45, 2.75) is 46.7 Å². The van der Waals surface area contributed by atoms with Crippen molar-refractivity contribution >= 4 is 0 Å². The minimum absolute atomic E-state index is 0.152. The largest absolute Gasteiger partial charge is 0.313 e. The Morgan fingerprint density at radius 1 is 1.24 bits per heavy atom. The number of aryl methyl sites for hydroxylation is 1. The molecule has 0 spiro atoms. The van der Waals surface area contributed by atoms with Crippen molar-refractivity contribution in [3.63, 3.8) is 0 Å². The van der Waals surface area contributed by atoms with Gasteiger partial charge in [-0.05, 0) is 44.0 Å². The number of hydrogen-bond acceptors (Lipinski definition) is 2. The lowest BCUT2D eigenvalue weighted by Gasteiger charge is -2.08. The van der Waals surface area contributed by atoms with Gasteiger partial charge in [-0.1, -0.05) is 19.9 Å². The SMILES string of the molecule is CCCNCc1cc(-c2cnn(CCC)c2C)ccc1F. The summed E-state index contributed by atoms with van der Waals surface area (Å²) < 4.78 is 15.9. The Bertz CT molecular complexity index is 590. The summed E-state index contributed by atoms with van der Waals surface area (Å²) in [6.07, 6.45) is 3.98. The second kappa shape index (κ2) is 7.36. The van der Waals surface area contributed by atoms with Crippen molar-refractivity contribution in [3.05, 3.63) is 41.5 Å². The highest BCUT2D eigenvalue weighted by atomic mass is 19.1. The van der Waals surface area contributed by atoms with Crippen LogP contribution in [0.1, 0.15) is 37.9 Å². The summed E-state index contributed by atoms with van der Waals surface area (Å²) in [6, 6.07) is 5.31. The average molecular weight is 289 g/mol. The number of nitrogens with one attached hydrogen (secondary N) is 1. The molecule has 0 atom stereocenters.